The molecule has 4 rings (SSSR count). The minimum atomic E-state index is 0.00590. The molecular formula is C19H17NO3. The summed E-state index contributed by atoms with van der Waals surface area (Å²) in [7, 11) is 1.64. The molecule has 0 saturated carbocycles. The van der Waals surface area contributed by atoms with Gasteiger partial charge in [0, 0.05) is 17.9 Å². The molecule has 0 saturated heterocycles. The summed E-state index contributed by atoms with van der Waals surface area (Å²) < 4.78 is 13.3. The maximum absolute atomic E-state index is 12.8. The molecule has 23 heavy (non-hydrogen) atoms. The maximum Gasteiger partial charge on any atom is 0.206 e. The van der Waals surface area contributed by atoms with Crippen LogP contribution in [-0.4, -0.2) is 17.8 Å². The Morgan fingerprint density at radius 1 is 1.17 bits per heavy atom. The number of benzene rings is 2. The van der Waals surface area contributed by atoms with E-state index in [2.05, 4.69) is 0 Å². The molecule has 1 atom stereocenters. The first kappa shape index (κ1) is 13.9. The van der Waals surface area contributed by atoms with Crippen LogP contribution in [0.1, 0.15) is 12.5 Å². The van der Waals surface area contributed by atoms with Crippen molar-refractivity contribution in [3.05, 3.63) is 64.3 Å². The van der Waals surface area contributed by atoms with E-state index in [1.165, 1.54) is 0 Å². The lowest BCUT2D eigenvalue weighted by atomic mass is 10.1. The lowest BCUT2D eigenvalue weighted by Crippen LogP contribution is -2.13. The number of pyridine rings is 1. The van der Waals surface area contributed by atoms with Gasteiger partial charge in [0.2, 0.25) is 5.88 Å². The Kier molecular flexibility index (Phi) is 3.11. The molecule has 0 N–H and O–H groups in total. The Hall–Kier alpha value is -2.75. The molecule has 1 aliphatic rings. The molecule has 0 amide bonds. The van der Waals surface area contributed by atoms with Crippen LogP contribution in [0.2, 0.25) is 0 Å². The first-order chi connectivity index (χ1) is 11.2. The van der Waals surface area contributed by atoms with Crippen molar-refractivity contribution >= 4 is 10.9 Å². The summed E-state index contributed by atoms with van der Waals surface area (Å²) in [5.74, 6) is 1.42. The van der Waals surface area contributed by atoms with Gasteiger partial charge in [-0.05, 0) is 31.2 Å². The number of ether oxygens (including phenoxy) is 2. The van der Waals surface area contributed by atoms with Crippen LogP contribution < -0.4 is 14.9 Å². The second-order valence-electron chi connectivity index (χ2n) is 5.80. The van der Waals surface area contributed by atoms with Crippen LogP contribution in [0.15, 0.2) is 53.3 Å². The highest BCUT2D eigenvalue weighted by Crippen LogP contribution is 2.33. The zero-order chi connectivity index (χ0) is 16.0. The number of hydrogen-bond donors (Lipinski definition) is 0. The molecule has 4 heteroatoms. The SMILES string of the molecule is COc1cccc(-n2c3c(c(=O)c4ccccc42)CC(C)O3)c1. The molecule has 4 nitrogen and oxygen atoms in total. The predicted octanol–water partition coefficient (Wildman–Crippen LogP) is 3.32. The highest BCUT2D eigenvalue weighted by atomic mass is 16.5. The van der Waals surface area contributed by atoms with E-state index in [9.17, 15) is 4.79 Å². The van der Waals surface area contributed by atoms with E-state index in [-0.39, 0.29) is 11.5 Å². The summed E-state index contributed by atoms with van der Waals surface area (Å²) in [4.78, 5) is 12.8. The molecule has 1 unspecified atom stereocenters. The van der Waals surface area contributed by atoms with E-state index in [4.69, 9.17) is 9.47 Å². The molecule has 0 bridgehead atoms. The Labute approximate surface area is 133 Å². The van der Waals surface area contributed by atoms with Crippen LogP contribution in [0, 0.1) is 0 Å². The van der Waals surface area contributed by atoms with E-state index in [0.717, 1.165) is 22.5 Å². The van der Waals surface area contributed by atoms with Gasteiger partial charge >= 0.3 is 0 Å². The number of fused-ring (bicyclic) bond motifs is 2. The largest absolute Gasteiger partial charge is 0.497 e. The quantitative estimate of drug-likeness (QED) is 0.729. The van der Waals surface area contributed by atoms with Crippen molar-refractivity contribution in [2.24, 2.45) is 0 Å². The Morgan fingerprint density at radius 2 is 2.00 bits per heavy atom. The number of methoxy groups -OCH3 is 1. The third kappa shape index (κ3) is 2.10. The highest BCUT2D eigenvalue weighted by molar-refractivity contribution is 5.83. The van der Waals surface area contributed by atoms with E-state index in [1.54, 1.807) is 7.11 Å². The second kappa shape index (κ2) is 5.16. The third-order valence-corrected chi connectivity index (χ3v) is 4.24. The van der Waals surface area contributed by atoms with Crippen molar-refractivity contribution in [2.45, 2.75) is 19.4 Å². The topological polar surface area (TPSA) is 40.5 Å². The van der Waals surface area contributed by atoms with Crippen molar-refractivity contribution in [3.63, 3.8) is 0 Å². The first-order valence-electron chi connectivity index (χ1n) is 7.67. The van der Waals surface area contributed by atoms with Crippen molar-refractivity contribution in [2.75, 3.05) is 7.11 Å². The van der Waals surface area contributed by atoms with Gasteiger partial charge in [-0.2, -0.15) is 0 Å². The Balaban J connectivity index is 2.11. The molecule has 0 radical (unpaired) electrons. The first-order valence-corrected chi connectivity index (χ1v) is 7.67. The third-order valence-electron chi connectivity index (χ3n) is 4.24. The lowest BCUT2D eigenvalue weighted by Gasteiger charge is -2.17. The van der Waals surface area contributed by atoms with Crippen molar-refractivity contribution < 1.29 is 9.47 Å². The van der Waals surface area contributed by atoms with Gasteiger partial charge in [-0.15, -0.1) is 0 Å². The summed E-state index contributed by atoms with van der Waals surface area (Å²) >= 11 is 0. The van der Waals surface area contributed by atoms with Crippen LogP contribution in [0.25, 0.3) is 16.6 Å². The Bertz CT molecular complexity index is 958. The van der Waals surface area contributed by atoms with E-state index in [0.29, 0.717) is 17.7 Å². The zero-order valence-electron chi connectivity index (χ0n) is 13.1. The smallest absolute Gasteiger partial charge is 0.206 e. The van der Waals surface area contributed by atoms with E-state index < -0.39 is 0 Å². The second-order valence-corrected chi connectivity index (χ2v) is 5.80. The van der Waals surface area contributed by atoms with Crippen LogP contribution in [-0.2, 0) is 6.42 Å². The molecule has 1 aromatic heterocycles. The molecule has 2 heterocycles. The molecule has 2 aromatic carbocycles. The van der Waals surface area contributed by atoms with Crippen LogP contribution >= 0.6 is 0 Å². The fourth-order valence-electron chi connectivity index (χ4n) is 3.19. The molecular weight excluding hydrogens is 290 g/mol. The monoisotopic (exact) mass is 307 g/mol. The maximum atomic E-state index is 12.8. The lowest BCUT2D eigenvalue weighted by molar-refractivity contribution is 0.242. The van der Waals surface area contributed by atoms with Crippen molar-refractivity contribution in [1.29, 1.82) is 0 Å². The minimum absolute atomic E-state index is 0.00590. The van der Waals surface area contributed by atoms with Gasteiger partial charge in [0.15, 0.2) is 5.43 Å². The van der Waals surface area contributed by atoms with Gasteiger partial charge < -0.3 is 9.47 Å². The number of aromatic nitrogens is 1. The zero-order valence-corrected chi connectivity index (χ0v) is 13.1. The number of nitrogens with zero attached hydrogens (tertiary/aromatic N) is 1. The van der Waals surface area contributed by atoms with Crippen LogP contribution in [0.5, 0.6) is 11.6 Å². The average molecular weight is 307 g/mol. The molecule has 3 aromatic rings. The van der Waals surface area contributed by atoms with Gasteiger partial charge in [-0.1, -0.05) is 18.2 Å². The standard InChI is InChI=1S/C19H17NO3/c1-12-10-16-18(21)15-8-3-4-9-17(15)20(19(16)23-12)13-6-5-7-14(11-13)22-2/h3-9,11-12H,10H2,1-2H3. The number of rotatable bonds is 2. The van der Waals surface area contributed by atoms with Crippen LogP contribution in [0.3, 0.4) is 0 Å². The van der Waals surface area contributed by atoms with E-state index in [1.807, 2.05) is 60.0 Å². The summed E-state index contributed by atoms with van der Waals surface area (Å²) in [6, 6.07) is 15.4. The predicted molar refractivity (Wildman–Crippen MR) is 89.9 cm³/mol. The molecule has 0 aliphatic carbocycles. The van der Waals surface area contributed by atoms with Gasteiger partial charge in [0.1, 0.15) is 11.9 Å². The fourth-order valence-corrected chi connectivity index (χ4v) is 3.19. The summed E-state index contributed by atoms with van der Waals surface area (Å²) in [6.45, 7) is 1.99. The molecule has 0 fully saturated rings. The summed E-state index contributed by atoms with van der Waals surface area (Å²) in [5.41, 5.74) is 2.59. The fraction of sp³-hybridized carbons (Fsp3) is 0.211. The Morgan fingerprint density at radius 3 is 2.83 bits per heavy atom. The van der Waals surface area contributed by atoms with E-state index >= 15 is 0 Å². The van der Waals surface area contributed by atoms with Crippen molar-refractivity contribution in [3.8, 4) is 17.3 Å². The van der Waals surface area contributed by atoms with Crippen molar-refractivity contribution in [1.82, 2.24) is 4.57 Å². The van der Waals surface area contributed by atoms with Gasteiger partial charge in [0.05, 0.1) is 23.9 Å². The number of hydrogen-bond acceptors (Lipinski definition) is 3. The normalized spacial score (nSPS) is 16.2. The number of para-hydroxylation sites is 1. The average Bonchev–Trinajstić information content (AvgIpc) is 2.97. The molecule has 0 spiro atoms. The van der Waals surface area contributed by atoms with Crippen LogP contribution in [0.4, 0.5) is 0 Å². The summed E-state index contributed by atoms with van der Waals surface area (Å²) in [5, 5.41) is 0.715. The minimum Gasteiger partial charge on any atom is -0.497 e. The van der Waals surface area contributed by atoms with Gasteiger partial charge in [-0.25, -0.2) is 0 Å². The van der Waals surface area contributed by atoms with Gasteiger partial charge in [0.25, 0.3) is 0 Å². The molecule has 116 valence electrons. The van der Waals surface area contributed by atoms with Gasteiger partial charge in [-0.3, -0.25) is 9.36 Å². The summed E-state index contributed by atoms with van der Waals surface area (Å²) in [6.07, 6.45) is 0.648. The highest BCUT2D eigenvalue weighted by Gasteiger charge is 2.27. The molecule has 1 aliphatic heterocycles.